The average Bonchev–Trinajstić information content (AvgIpc) is 2.54. The number of thioether (sulfide) groups is 1. The highest BCUT2D eigenvalue weighted by Crippen LogP contribution is 2.22. The van der Waals surface area contributed by atoms with Gasteiger partial charge in [0, 0.05) is 38.6 Å². The number of hydrogen-bond donors (Lipinski definition) is 0. The van der Waals surface area contributed by atoms with E-state index in [1.807, 2.05) is 31.9 Å². The number of piperidine rings is 1. The van der Waals surface area contributed by atoms with E-state index in [1.165, 1.54) is 0 Å². The van der Waals surface area contributed by atoms with Crippen LogP contribution in [0.4, 0.5) is 4.79 Å². The molecule has 1 aliphatic rings. The van der Waals surface area contributed by atoms with Crippen molar-refractivity contribution in [3.05, 3.63) is 18.1 Å². The normalized spacial score (nSPS) is 16.3. The predicted octanol–water partition coefficient (Wildman–Crippen LogP) is 3.28. The minimum absolute atomic E-state index is 0.191. The lowest BCUT2D eigenvalue weighted by molar-refractivity contribution is 0.0172. The maximum absolute atomic E-state index is 12.1. The van der Waals surface area contributed by atoms with Crippen molar-refractivity contribution in [2.45, 2.75) is 50.8 Å². The molecule has 0 radical (unpaired) electrons. The van der Waals surface area contributed by atoms with Crippen molar-refractivity contribution in [1.29, 1.82) is 0 Å². The number of amides is 1. The number of aromatic nitrogens is 2. The summed E-state index contributed by atoms with van der Waals surface area (Å²) >= 11 is 1.63. The SMILES string of the molecule is CSc1nccnc1CN(C)CC1CCN(C(=O)OC(C)(C)C)CC1. The van der Waals surface area contributed by atoms with Crippen LogP contribution in [-0.2, 0) is 11.3 Å². The Hall–Kier alpha value is -1.34. The van der Waals surface area contributed by atoms with Crippen molar-refractivity contribution < 1.29 is 9.53 Å². The molecule has 1 amide bonds. The van der Waals surface area contributed by atoms with Gasteiger partial charge < -0.3 is 14.5 Å². The Bertz CT molecular complexity index is 568. The first kappa shape index (κ1) is 20.0. The molecule has 0 atom stereocenters. The molecule has 0 bridgehead atoms. The van der Waals surface area contributed by atoms with Crippen LogP contribution in [0.2, 0.25) is 0 Å². The van der Waals surface area contributed by atoms with Crippen LogP contribution in [0.15, 0.2) is 17.4 Å². The van der Waals surface area contributed by atoms with Crippen LogP contribution in [0.25, 0.3) is 0 Å². The first-order valence-electron chi connectivity index (χ1n) is 8.79. The molecule has 1 aliphatic heterocycles. The zero-order valence-electron chi connectivity index (χ0n) is 16.0. The predicted molar refractivity (Wildman–Crippen MR) is 101 cm³/mol. The number of carbonyl (C=O) groups is 1. The van der Waals surface area contributed by atoms with Crippen LogP contribution in [-0.4, -0.2) is 64.4 Å². The Morgan fingerprint density at radius 3 is 2.56 bits per heavy atom. The third-order valence-corrected chi connectivity index (χ3v) is 4.91. The molecule has 1 fully saturated rings. The zero-order chi connectivity index (χ0) is 18.4. The van der Waals surface area contributed by atoms with E-state index in [4.69, 9.17) is 4.74 Å². The van der Waals surface area contributed by atoms with E-state index in [0.29, 0.717) is 5.92 Å². The zero-order valence-corrected chi connectivity index (χ0v) is 16.8. The summed E-state index contributed by atoms with van der Waals surface area (Å²) in [5.74, 6) is 0.595. The van der Waals surface area contributed by atoms with E-state index >= 15 is 0 Å². The monoisotopic (exact) mass is 366 g/mol. The van der Waals surface area contributed by atoms with Crippen LogP contribution in [0.5, 0.6) is 0 Å². The minimum atomic E-state index is -0.431. The van der Waals surface area contributed by atoms with Crippen molar-refractivity contribution in [2.75, 3.05) is 32.9 Å². The van der Waals surface area contributed by atoms with Crippen LogP contribution in [0.1, 0.15) is 39.3 Å². The van der Waals surface area contributed by atoms with Gasteiger partial charge in [0.05, 0.1) is 5.69 Å². The fourth-order valence-corrected chi connectivity index (χ4v) is 3.54. The molecule has 1 aromatic rings. The Morgan fingerprint density at radius 1 is 1.32 bits per heavy atom. The number of carbonyl (C=O) groups excluding carboxylic acids is 1. The third kappa shape index (κ3) is 6.47. The minimum Gasteiger partial charge on any atom is -0.444 e. The van der Waals surface area contributed by atoms with Gasteiger partial charge in [0.2, 0.25) is 0 Å². The van der Waals surface area contributed by atoms with Crippen molar-refractivity contribution in [3.8, 4) is 0 Å². The molecule has 6 nitrogen and oxygen atoms in total. The molecule has 7 heteroatoms. The van der Waals surface area contributed by atoms with Gasteiger partial charge in [0.25, 0.3) is 0 Å². The number of rotatable bonds is 5. The molecular formula is C18H30N4O2S. The topological polar surface area (TPSA) is 58.6 Å². The molecule has 0 saturated carbocycles. The Balaban J connectivity index is 1.78. The first-order valence-corrected chi connectivity index (χ1v) is 10.0. The molecule has 25 heavy (non-hydrogen) atoms. The van der Waals surface area contributed by atoms with Crippen molar-refractivity contribution >= 4 is 17.9 Å². The summed E-state index contributed by atoms with van der Waals surface area (Å²) in [6.07, 6.45) is 7.35. The van der Waals surface area contributed by atoms with E-state index in [-0.39, 0.29) is 6.09 Å². The third-order valence-electron chi connectivity index (χ3n) is 4.18. The van der Waals surface area contributed by atoms with Gasteiger partial charge in [0.15, 0.2) is 0 Å². The fourth-order valence-electron chi connectivity index (χ4n) is 3.02. The van der Waals surface area contributed by atoms with Crippen LogP contribution >= 0.6 is 11.8 Å². The number of likely N-dealkylation sites (tertiary alicyclic amines) is 1. The van der Waals surface area contributed by atoms with Crippen LogP contribution < -0.4 is 0 Å². The molecule has 0 unspecified atom stereocenters. The lowest BCUT2D eigenvalue weighted by Crippen LogP contribution is -2.43. The largest absolute Gasteiger partial charge is 0.444 e. The van der Waals surface area contributed by atoms with Gasteiger partial charge in [-0.25, -0.2) is 9.78 Å². The maximum Gasteiger partial charge on any atom is 0.410 e. The average molecular weight is 367 g/mol. The van der Waals surface area contributed by atoms with E-state index in [0.717, 1.165) is 49.7 Å². The summed E-state index contributed by atoms with van der Waals surface area (Å²) in [6.45, 7) is 9.07. The fraction of sp³-hybridized carbons (Fsp3) is 0.722. The summed E-state index contributed by atoms with van der Waals surface area (Å²) in [6, 6.07) is 0. The maximum atomic E-state index is 12.1. The summed E-state index contributed by atoms with van der Waals surface area (Å²) in [7, 11) is 2.12. The molecule has 0 aromatic carbocycles. The highest BCUT2D eigenvalue weighted by Gasteiger charge is 2.27. The van der Waals surface area contributed by atoms with Crippen molar-refractivity contribution in [3.63, 3.8) is 0 Å². The van der Waals surface area contributed by atoms with Gasteiger partial charge in [-0.15, -0.1) is 11.8 Å². The molecule has 2 rings (SSSR count). The van der Waals surface area contributed by atoms with Gasteiger partial charge in [-0.3, -0.25) is 4.98 Å². The molecule has 0 N–H and O–H groups in total. The van der Waals surface area contributed by atoms with Crippen molar-refractivity contribution in [2.24, 2.45) is 5.92 Å². The van der Waals surface area contributed by atoms with Gasteiger partial charge in [-0.1, -0.05) is 0 Å². The van der Waals surface area contributed by atoms with Gasteiger partial charge in [0.1, 0.15) is 10.6 Å². The molecule has 1 aromatic heterocycles. The highest BCUT2D eigenvalue weighted by molar-refractivity contribution is 7.98. The number of hydrogen-bond acceptors (Lipinski definition) is 6. The Kier molecular flexibility index (Phi) is 7.07. The van der Waals surface area contributed by atoms with Crippen LogP contribution in [0.3, 0.4) is 0 Å². The smallest absolute Gasteiger partial charge is 0.410 e. The summed E-state index contributed by atoms with van der Waals surface area (Å²) in [5, 5.41) is 0.995. The molecular weight excluding hydrogens is 336 g/mol. The van der Waals surface area contributed by atoms with Gasteiger partial charge in [-0.2, -0.15) is 0 Å². The second-order valence-corrected chi connectivity index (χ2v) is 8.41. The number of nitrogens with zero attached hydrogens (tertiary/aromatic N) is 4. The molecule has 2 heterocycles. The lowest BCUT2D eigenvalue weighted by atomic mass is 9.96. The molecule has 0 aliphatic carbocycles. The second kappa shape index (κ2) is 8.85. The Morgan fingerprint density at radius 2 is 1.96 bits per heavy atom. The quantitative estimate of drug-likeness (QED) is 0.746. The summed E-state index contributed by atoms with van der Waals surface area (Å²) in [5.41, 5.74) is 0.601. The van der Waals surface area contributed by atoms with E-state index in [1.54, 1.807) is 24.2 Å². The highest BCUT2D eigenvalue weighted by atomic mass is 32.2. The van der Waals surface area contributed by atoms with Crippen LogP contribution in [0, 0.1) is 5.92 Å². The second-order valence-electron chi connectivity index (χ2n) is 7.62. The van der Waals surface area contributed by atoms with E-state index in [2.05, 4.69) is 21.9 Å². The standard InChI is InChI=1S/C18H30N4O2S/c1-18(2,3)24-17(23)22-10-6-14(7-11-22)12-21(4)13-15-16(25-5)20-9-8-19-15/h8-9,14H,6-7,10-13H2,1-5H3. The van der Waals surface area contributed by atoms with E-state index in [9.17, 15) is 4.79 Å². The molecule has 1 saturated heterocycles. The van der Waals surface area contributed by atoms with Gasteiger partial charge in [-0.05, 0) is 52.8 Å². The molecule has 140 valence electrons. The van der Waals surface area contributed by atoms with E-state index < -0.39 is 5.60 Å². The van der Waals surface area contributed by atoms with Gasteiger partial charge >= 0.3 is 6.09 Å². The lowest BCUT2D eigenvalue weighted by Gasteiger charge is -2.34. The van der Waals surface area contributed by atoms with Crippen molar-refractivity contribution in [1.82, 2.24) is 19.8 Å². The first-order chi connectivity index (χ1) is 11.8. The molecule has 0 spiro atoms. The summed E-state index contributed by atoms with van der Waals surface area (Å²) in [4.78, 5) is 25.1. The number of ether oxygens (including phenoxy) is 1. The summed E-state index contributed by atoms with van der Waals surface area (Å²) < 4.78 is 5.46. The Labute approximate surface area is 155 Å².